The normalized spacial score (nSPS) is 11.2. The second kappa shape index (κ2) is 4.81. The molecule has 3 aromatic rings. The van der Waals surface area contributed by atoms with Crippen molar-refractivity contribution in [3.05, 3.63) is 21.1 Å². The molecule has 3 heterocycles. The standard InChI is InChI=1S/C13H15N5OS2/c1-5-7(3)20-13(15-5)16-11(19)10-9(14)8-6(2)17-18(4)12(8)21-10/h14H2,1-4H3,(H,15,16,19). The number of aryl methyl sites for hydroxylation is 4. The monoisotopic (exact) mass is 321 g/mol. The number of hydrogen-bond acceptors (Lipinski definition) is 6. The molecule has 0 radical (unpaired) electrons. The first-order valence-corrected chi connectivity index (χ1v) is 7.98. The zero-order valence-electron chi connectivity index (χ0n) is 12.1. The van der Waals surface area contributed by atoms with Gasteiger partial charge in [0, 0.05) is 11.9 Å². The van der Waals surface area contributed by atoms with Crippen molar-refractivity contribution in [1.82, 2.24) is 14.8 Å². The predicted octanol–water partition coefficient (Wildman–Crippen LogP) is 2.85. The predicted molar refractivity (Wildman–Crippen MR) is 87.3 cm³/mol. The molecule has 0 spiro atoms. The number of thiazole rings is 1. The van der Waals surface area contributed by atoms with Crippen molar-refractivity contribution in [2.24, 2.45) is 7.05 Å². The maximum Gasteiger partial charge on any atom is 0.269 e. The van der Waals surface area contributed by atoms with Gasteiger partial charge >= 0.3 is 0 Å². The van der Waals surface area contributed by atoms with Crippen LogP contribution in [-0.4, -0.2) is 20.7 Å². The van der Waals surface area contributed by atoms with Gasteiger partial charge in [-0.2, -0.15) is 5.10 Å². The minimum absolute atomic E-state index is 0.221. The molecule has 110 valence electrons. The summed E-state index contributed by atoms with van der Waals surface area (Å²) < 4.78 is 1.75. The van der Waals surface area contributed by atoms with Crippen LogP contribution in [0.3, 0.4) is 0 Å². The number of amides is 1. The van der Waals surface area contributed by atoms with Crippen molar-refractivity contribution >= 4 is 49.6 Å². The number of hydrogen-bond donors (Lipinski definition) is 2. The van der Waals surface area contributed by atoms with Gasteiger partial charge < -0.3 is 5.73 Å². The lowest BCUT2D eigenvalue weighted by Crippen LogP contribution is -2.11. The summed E-state index contributed by atoms with van der Waals surface area (Å²) >= 11 is 2.81. The van der Waals surface area contributed by atoms with Crippen LogP contribution in [0, 0.1) is 20.8 Å². The van der Waals surface area contributed by atoms with E-state index in [0.29, 0.717) is 15.7 Å². The van der Waals surface area contributed by atoms with Crippen LogP contribution in [0.15, 0.2) is 0 Å². The SMILES string of the molecule is Cc1nc(NC(=O)c2sc3c(c(C)nn3C)c2N)sc1C. The van der Waals surface area contributed by atoms with Gasteiger partial charge in [0.05, 0.1) is 22.5 Å². The van der Waals surface area contributed by atoms with Crippen LogP contribution in [0.4, 0.5) is 10.8 Å². The summed E-state index contributed by atoms with van der Waals surface area (Å²) in [7, 11) is 1.85. The van der Waals surface area contributed by atoms with Crippen LogP contribution in [0.2, 0.25) is 0 Å². The van der Waals surface area contributed by atoms with Crippen LogP contribution < -0.4 is 11.1 Å². The highest BCUT2D eigenvalue weighted by molar-refractivity contribution is 7.21. The molecule has 0 aromatic carbocycles. The average Bonchev–Trinajstić information content (AvgIpc) is 2.99. The molecule has 1 amide bonds. The lowest BCUT2D eigenvalue weighted by Gasteiger charge is -2.00. The summed E-state index contributed by atoms with van der Waals surface area (Å²) in [6.45, 7) is 5.79. The summed E-state index contributed by atoms with van der Waals surface area (Å²) in [6.07, 6.45) is 0. The molecule has 0 saturated heterocycles. The highest BCUT2D eigenvalue weighted by atomic mass is 32.1. The third-order valence-corrected chi connectivity index (χ3v) is 5.60. The van der Waals surface area contributed by atoms with E-state index in [1.165, 1.54) is 22.7 Å². The van der Waals surface area contributed by atoms with Crippen molar-refractivity contribution in [2.45, 2.75) is 20.8 Å². The third kappa shape index (κ3) is 2.20. The molecule has 0 atom stereocenters. The van der Waals surface area contributed by atoms with E-state index in [4.69, 9.17) is 5.73 Å². The molecule has 0 bridgehead atoms. The Balaban J connectivity index is 1.98. The lowest BCUT2D eigenvalue weighted by molar-refractivity contribution is 0.103. The Morgan fingerprint density at radius 3 is 2.52 bits per heavy atom. The van der Waals surface area contributed by atoms with Crippen LogP contribution in [0.5, 0.6) is 0 Å². The number of carbonyl (C=O) groups excluding carboxylic acids is 1. The van der Waals surface area contributed by atoms with Gasteiger partial charge in [-0.05, 0) is 20.8 Å². The first-order chi connectivity index (χ1) is 9.88. The largest absolute Gasteiger partial charge is 0.397 e. The number of nitrogens with zero attached hydrogens (tertiary/aromatic N) is 3. The van der Waals surface area contributed by atoms with Gasteiger partial charge in [-0.15, -0.1) is 22.7 Å². The second-order valence-corrected chi connectivity index (χ2v) is 7.05. The maximum atomic E-state index is 12.4. The van der Waals surface area contributed by atoms with E-state index in [9.17, 15) is 4.79 Å². The second-order valence-electron chi connectivity index (χ2n) is 4.85. The summed E-state index contributed by atoms with van der Waals surface area (Å²) in [6, 6.07) is 0. The number of aromatic nitrogens is 3. The highest BCUT2D eigenvalue weighted by Gasteiger charge is 2.21. The molecule has 0 aliphatic heterocycles. The highest BCUT2D eigenvalue weighted by Crippen LogP contribution is 2.36. The zero-order valence-corrected chi connectivity index (χ0v) is 13.8. The van der Waals surface area contributed by atoms with Crippen LogP contribution in [0.25, 0.3) is 10.2 Å². The Hall–Kier alpha value is -1.93. The summed E-state index contributed by atoms with van der Waals surface area (Å²) in [5.41, 5.74) is 8.38. The number of rotatable bonds is 2. The third-order valence-electron chi connectivity index (χ3n) is 3.34. The lowest BCUT2D eigenvalue weighted by atomic mass is 10.2. The van der Waals surface area contributed by atoms with Gasteiger partial charge in [-0.1, -0.05) is 0 Å². The summed E-state index contributed by atoms with van der Waals surface area (Å²) in [5, 5.41) is 8.59. The van der Waals surface area contributed by atoms with Crippen molar-refractivity contribution in [2.75, 3.05) is 11.1 Å². The summed E-state index contributed by atoms with van der Waals surface area (Å²) in [4.78, 5) is 19.2. The fourth-order valence-electron chi connectivity index (χ4n) is 2.18. The van der Waals surface area contributed by atoms with E-state index in [-0.39, 0.29) is 5.91 Å². The smallest absolute Gasteiger partial charge is 0.269 e. The average molecular weight is 321 g/mol. The van der Waals surface area contributed by atoms with Crippen molar-refractivity contribution in [3.63, 3.8) is 0 Å². The minimum Gasteiger partial charge on any atom is -0.397 e. The van der Waals surface area contributed by atoms with Crippen LogP contribution >= 0.6 is 22.7 Å². The van der Waals surface area contributed by atoms with Crippen molar-refractivity contribution in [3.8, 4) is 0 Å². The van der Waals surface area contributed by atoms with Crippen molar-refractivity contribution < 1.29 is 4.79 Å². The number of anilines is 2. The molecule has 0 unspecified atom stereocenters. The fourth-order valence-corrected chi connectivity index (χ4v) is 4.07. The van der Waals surface area contributed by atoms with Crippen LogP contribution in [-0.2, 0) is 7.05 Å². The quantitative estimate of drug-likeness (QED) is 0.760. The van der Waals surface area contributed by atoms with Gasteiger partial charge in [0.2, 0.25) is 0 Å². The van der Waals surface area contributed by atoms with E-state index in [0.717, 1.165) is 26.5 Å². The topological polar surface area (TPSA) is 85.8 Å². The molecular formula is C13H15N5OS2. The van der Waals surface area contributed by atoms with Gasteiger partial charge in [0.15, 0.2) is 5.13 Å². The molecule has 8 heteroatoms. The number of fused-ring (bicyclic) bond motifs is 1. The number of nitrogens with two attached hydrogens (primary N) is 1. The summed E-state index contributed by atoms with van der Waals surface area (Å²) in [5.74, 6) is -0.221. The number of nitrogen functional groups attached to an aromatic ring is 1. The molecule has 21 heavy (non-hydrogen) atoms. The van der Waals surface area contributed by atoms with E-state index < -0.39 is 0 Å². The molecular weight excluding hydrogens is 306 g/mol. The fraction of sp³-hybridized carbons (Fsp3) is 0.308. The number of thiophene rings is 1. The Labute approximate surface area is 129 Å². The van der Waals surface area contributed by atoms with E-state index in [1.54, 1.807) is 4.68 Å². The van der Waals surface area contributed by atoms with Crippen LogP contribution in [0.1, 0.15) is 25.9 Å². The first kappa shape index (κ1) is 14.0. The number of carbonyl (C=O) groups is 1. The Morgan fingerprint density at radius 2 is 1.95 bits per heavy atom. The van der Waals surface area contributed by atoms with Gasteiger partial charge in [-0.25, -0.2) is 4.98 Å². The molecule has 6 nitrogen and oxygen atoms in total. The Kier molecular flexibility index (Phi) is 3.22. The number of nitrogens with one attached hydrogen (secondary N) is 1. The first-order valence-electron chi connectivity index (χ1n) is 6.35. The molecule has 3 aromatic heterocycles. The molecule has 0 saturated carbocycles. The van der Waals surface area contributed by atoms with E-state index >= 15 is 0 Å². The molecule has 3 rings (SSSR count). The molecule has 0 aliphatic carbocycles. The van der Waals surface area contributed by atoms with E-state index in [2.05, 4.69) is 15.4 Å². The zero-order chi connectivity index (χ0) is 15.3. The Bertz CT molecular complexity index is 838. The van der Waals surface area contributed by atoms with Gasteiger partial charge in [0.25, 0.3) is 5.91 Å². The van der Waals surface area contributed by atoms with Crippen molar-refractivity contribution in [1.29, 1.82) is 0 Å². The minimum atomic E-state index is -0.221. The Morgan fingerprint density at radius 1 is 1.24 bits per heavy atom. The molecule has 0 aliphatic rings. The van der Waals surface area contributed by atoms with E-state index in [1.807, 2.05) is 27.8 Å². The maximum absolute atomic E-state index is 12.4. The van der Waals surface area contributed by atoms with Gasteiger partial charge in [0.1, 0.15) is 9.71 Å². The molecule has 3 N–H and O–H groups in total. The molecule has 0 fully saturated rings. The van der Waals surface area contributed by atoms with Gasteiger partial charge in [-0.3, -0.25) is 14.8 Å².